The minimum absolute atomic E-state index is 0.435. The van der Waals surface area contributed by atoms with E-state index in [-0.39, 0.29) is 0 Å². The fraction of sp³-hybridized carbons (Fsp3) is 0.500. The van der Waals surface area contributed by atoms with Crippen molar-refractivity contribution in [3.63, 3.8) is 0 Å². The van der Waals surface area contributed by atoms with Crippen LogP contribution in [0.15, 0.2) is 29.2 Å². The molecule has 3 rings (SSSR count). The molecule has 0 saturated heterocycles. The minimum atomic E-state index is 0.435. The van der Waals surface area contributed by atoms with Gasteiger partial charge in [-0.25, -0.2) is 0 Å². The number of carbonyl (C=O) groups is 1. The molecule has 1 nitrogen and oxygen atoms in total. The van der Waals surface area contributed by atoms with Crippen LogP contribution in [0.4, 0.5) is 0 Å². The standard InChI is InChI=1S/C14H16OS/c15-13(10-5-6-10)8-7-11-9-16-14-4-2-1-3-12(11)14/h1-4,10-11H,5-9H2. The molecule has 1 aliphatic heterocycles. The third-order valence-corrected chi connectivity index (χ3v) is 4.82. The Hall–Kier alpha value is -0.760. The number of hydrogen-bond donors (Lipinski definition) is 0. The predicted octanol–water partition coefficient (Wildman–Crippen LogP) is 3.64. The Kier molecular flexibility index (Phi) is 2.76. The molecular weight excluding hydrogens is 216 g/mol. The van der Waals surface area contributed by atoms with Crippen molar-refractivity contribution in [1.29, 1.82) is 0 Å². The SMILES string of the molecule is O=C(CCC1CSc2ccccc21)C1CC1. The lowest BCUT2D eigenvalue weighted by Crippen LogP contribution is -2.04. The van der Waals surface area contributed by atoms with E-state index < -0.39 is 0 Å². The molecule has 0 amide bonds. The van der Waals surface area contributed by atoms with Crippen molar-refractivity contribution in [3.05, 3.63) is 29.8 Å². The van der Waals surface area contributed by atoms with Gasteiger partial charge >= 0.3 is 0 Å². The number of hydrogen-bond acceptors (Lipinski definition) is 2. The molecule has 2 aliphatic rings. The lowest BCUT2D eigenvalue weighted by molar-refractivity contribution is -0.120. The molecule has 1 fully saturated rings. The largest absolute Gasteiger partial charge is 0.299 e. The average molecular weight is 232 g/mol. The van der Waals surface area contributed by atoms with Gasteiger partial charge in [0.15, 0.2) is 0 Å². The topological polar surface area (TPSA) is 17.1 Å². The van der Waals surface area contributed by atoms with E-state index in [1.165, 1.54) is 10.5 Å². The molecule has 1 unspecified atom stereocenters. The van der Waals surface area contributed by atoms with E-state index in [9.17, 15) is 4.79 Å². The summed E-state index contributed by atoms with van der Waals surface area (Å²) in [5.41, 5.74) is 1.47. The first-order valence-electron chi connectivity index (χ1n) is 6.09. The molecule has 0 bridgehead atoms. The molecule has 0 spiro atoms. The maximum atomic E-state index is 11.7. The summed E-state index contributed by atoms with van der Waals surface area (Å²) >= 11 is 1.94. The molecule has 1 aromatic carbocycles. The zero-order valence-electron chi connectivity index (χ0n) is 9.32. The summed E-state index contributed by atoms with van der Waals surface area (Å²) in [5, 5.41) is 0. The second-order valence-corrected chi connectivity index (χ2v) is 5.89. The van der Waals surface area contributed by atoms with Crippen LogP contribution in [-0.2, 0) is 4.79 Å². The molecule has 1 saturated carbocycles. The van der Waals surface area contributed by atoms with Crippen molar-refractivity contribution < 1.29 is 4.79 Å². The van der Waals surface area contributed by atoms with Gasteiger partial charge in [-0.2, -0.15) is 0 Å². The van der Waals surface area contributed by atoms with Crippen LogP contribution in [0.1, 0.15) is 37.2 Å². The van der Waals surface area contributed by atoms with Crippen molar-refractivity contribution in [2.24, 2.45) is 5.92 Å². The maximum absolute atomic E-state index is 11.7. The summed E-state index contributed by atoms with van der Waals surface area (Å²) in [6.07, 6.45) is 4.15. The summed E-state index contributed by atoms with van der Waals surface area (Å²) in [4.78, 5) is 13.1. The molecule has 1 aromatic rings. The number of benzene rings is 1. The van der Waals surface area contributed by atoms with Crippen molar-refractivity contribution in [2.45, 2.75) is 36.5 Å². The minimum Gasteiger partial charge on any atom is -0.299 e. The number of ketones is 1. The Balaban J connectivity index is 1.62. The van der Waals surface area contributed by atoms with Crippen LogP contribution in [0.25, 0.3) is 0 Å². The molecule has 2 heteroatoms. The second-order valence-electron chi connectivity index (χ2n) is 4.83. The monoisotopic (exact) mass is 232 g/mol. The summed E-state index contributed by atoms with van der Waals surface area (Å²) < 4.78 is 0. The van der Waals surface area contributed by atoms with Gasteiger partial charge in [0.25, 0.3) is 0 Å². The number of fused-ring (bicyclic) bond motifs is 1. The highest BCUT2D eigenvalue weighted by Crippen LogP contribution is 2.42. The van der Waals surface area contributed by atoms with Crippen LogP contribution in [-0.4, -0.2) is 11.5 Å². The molecule has 1 atom stereocenters. The Morgan fingerprint density at radius 3 is 2.94 bits per heavy atom. The van der Waals surface area contributed by atoms with Gasteiger partial charge in [0.05, 0.1) is 0 Å². The van der Waals surface area contributed by atoms with Crippen LogP contribution < -0.4 is 0 Å². The lowest BCUT2D eigenvalue weighted by Gasteiger charge is -2.09. The molecule has 0 radical (unpaired) electrons. The number of Topliss-reactive ketones (excluding diaryl/α,β-unsaturated/α-hetero) is 1. The van der Waals surface area contributed by atoms with Gasteiger partial charge < -0.3 is 0 Å². The first-order valence-corrected chi connectivity index (χ1v) is 7.07. The summed E-state index contributed by atoms with van der Waals surface area (Å²) in [7, 11) is 0. The van der Waals surface area contributed by atoms with Crippen LogP contribution >= 0.6 is 11.8 Å². The highest BCUT2D eigenvalue weighted by molar-refractivity contribution is 7.99. The number of thioether (sulfide) groups is 1. The maximum Gasteiger partial charge on any atom is 0.135 e. The van der Waals surface area contributed by atoms with Gasteiger partial charge in [0.1, 0.15) is 5.78 Å². The summed E-state index contributed by atoms with van der Waals surface area (Å²) in [6.45, 7) is 0. The fourth-order valence-electron chi connectivity index (χ4n) is 2.39. The van der Waals surface area contributed by atoms with E-state index in [0.717, 1.165) is 31.4 Å². The summed E-state index contributed by atoms with van der Waals surface area (Å²) in [5.74, 6) is 2.72. The molecule has 1 heterocycles. The van der Waals surface area contributed by atoms with Crippen molar-refractivity contribution in [3.8, 4) is 0 Å². The van der Waals surface area contributed by atoms with Crippen LogP contribution in [0.3, 0.4) is 0 Å². The van der Waals surface area contributed by atoms with Crippen LogP contribution in [0.2, 0.25) is 0 Å². The third kappa shape index (κ3) is 2.03. The zero-order chi connectivity index (χ0) is 11.0. The number of rotatable bonds is 4. The zero-order valence-corrected chi connectivity index (χ0v) is 10.1. The fourth-order valence-corrected chi connectivity index (χ4v) is 3.70. The van der Waals surface area contributed by atoms with E-state index >= 15 is 0 Å². The Bertz CT molecular complexity index is 409. The molecule has 84 valence electrons. The molecule has 1 aliphatic carbocycles. The van der Waals surface area contributed by atoms with Crippen molar-refractivity contribution in [1.82, 2.24) is 0 Å². The molecule has 0 aromatic heterocycles. The molecule has 16 heavy (non-hydrogen) atoms. The van der Waals surface area contributed by atoms with Gasteiger partial charge in [-0.15, -0.1) is 11.8 Å². The molecular formula is C14H16OS. The lowest BCUT2D eigenvalue weighted by atomic mass is 9.94. The first kappa shape index (κ1) is 10.4. The second kappa shape index (κ2) is 4.25. The van der Waals surface area contributed by atoms with Crippen molar-refractivity contribution >= 4 is 17.5 Å². The van der Waals surface area contributed by atoms with Gasteiger partial charge in [-0.05, 0) is 36.8 Å². The highest BCUT2D eigenvalue weighted by Gasteiger charge is 2.30. The van der Waals surface area contributed by atoms with Gasteiger partial charge in [0.2, 0.25) is 0 Å². The van der Waals surface area contributed by atoms with E-state index in [1.54, 1.807) is 0 Å². The van der Waals surface area contributed by atoms with E-state index in [1.807, 2.05) is 11.8 Å². The van der Waals surface area contributed by atoms with Crippen molar-refractivity contribution in [2.75, 3.05) is 5.75 Å². The summed E-state index contributed by atoms with van der Waals surface area (Å²) in [6, 6.07) is 8.63. The Labute approximate surface area is 101 Å². The third-order valence-electron chi connectivity index (χ3n) is 3.57. The van der Waals surface area contributed by atoms with Gasteiger partial charge in [0, 0.05) is 23.0 Å². The number of carbonyl (C=O) groups excluding carboxylic acids is 1. The predicted molar refractivity (Wildman–Crippen MR) is 66.9 cm³/mol. The smallest absolute Gasteiger partial charge is 0.135 e. The highest BCUT2D eigenvalue weighted by atomic mass is 32.2. The normalized spacial score (nSPS) is 23.1. The van der Waals surface area contributed by atoms with Gasteiger partial charge in [-0.1, -0.05) is 18.2 Å². The molecule has 0 N–H and O–H groups in total. The van der Waals surface area contributed by atoms with Crippen LogP contribution in [0.5, 0.6) is 0 Å². The van der Waals surface area contributed by atoms with Gasteiger partial charge in [-0.3, -0.25) is 4.79 Å². The quantitative estimate of drug-likeness (QED) is 0.788. The van der Waals surface area contributed by atoms with E-state index in [0.29, 0.717) is 17.6 Å². The Morgan fingerprint density at radius 1 is 1.31 bits per heavy atom. The first-order chi connectivity index (χ1) is 7.84. The van der Waals surface area contributed by atoms with Crippen LogP contribution in [0, 0.1) is 5.92 Å². The van der Waals surface area contributed by atoms with E-state index in [4.69, 9.17) is 0 Å². The Morgan fingerprint density at radius 2 is 2.12 bits per heavy atom. The average Bonchev–Trinajstić information content (AvgIpc) is 3.08. The van der Waals surface area contributed by atoms with E-state index in [2.05, 4.69) is 24.3 Å².